The Kier molecular flexibility index (Phi) is 1.67. The van der Waals surface area contributed by atoms with Gasteiger partial charge in [0, 0.05) is 5.92 Å². The molecule has 1 aromatic heterocycles. The summed E-state index contributed by atoms with van der Waals surface area (Å²) in [5, 5.41) is 0.689. The van der Waals surface area contributed by atoms with Crippen molar-refractivity contribution >= 4 is 27.3 Å². The number of carbonyl (C=O) groups excluding carboxylic acids is 1. The third-order valence-electron chi connectivity index (χ3n) is 2.45. The molecule has 1 aromatic carbocycles. The Morgan fingerprint density at radius 1 is 1.36 bits per heavy atom. The van der Waals surface area contributed by atoms with Gasteiger partial charge in [-0.2, -0.15) is 0 Å². The number of hydrogen-bond donors (Lipinski definition) is 0. The van der Waals surface area contributed by atoms with Crippen LogP contribution in [0, 0.1) is 5.92 Å². The first-order valence-electron chi connectivity index (χ1n) is 4.74. The summed E-state index contributed by atoms with van der Waals surface area (Å²) in [4.78, 5) is 16.1. The highest BCUT2D eigenvalue weighted by molar-refractivity contribution is 7.20. The van der Waals surface area contributed by atoms with Crippen LogP contribution in [-0.2, 0) is 0 Å². The second-order valence-electron chi connectivity index (χ2n) is 3.63. The van der Waals surface area contributed by atoms with Crippen LogP contribution in [0.15, 0.2) is 24.3 Å². The molecule has 0 amide bonds. The number of hydrogen-bond acceptors (Lipinski definition) is 3. The quantitative estimate of drug-likeness (QED) is 0.702. The predicted octanol–water partition coefficient (Wildman–Crippen LogP) is 2.89. The first kappa shape index (κ1) is 8.12. The zero-order chi connectivity index (χ0) is 9.54. The predicted molar refractivity (Wildman–Crippen MR) is 56.7 cm³/mol. The number of rotatable bonds is 2. The lowest BCUT2D eigenvalue weighted by molar-refractivity contribution is 0.0967. The fourth-order valence-corrected chi connectivity index (χ4v) is 2.48. The minimum atomic E-state index is 0.242. The fraction of sp³-hybridized carbons (Fsp3) is 0.273. The molecule has 3 heteroatoms. The van der Waals surface area contributed by atoms with Crippen molar-refractivity contribution in [3.05, 3.63) is 29.3 Å². The Morgan fingerprint density at radius 3 is 2.86 bits per heavy atom. The summed E-state index contributed by atoms with van der Waals surface area (Å²) >= 11 is 1.51. The largest absolute Gasteiger partial charge is 0.291 e. The molecule has 0 radical (unpaired) electrons. The van der Waals surface area contributed by atoms with Crippen LogP contribution in [0.5, 0.6) is 0 Å². The number of benzene rings is 1. The van der Waals surface area contributed by atoms with E-state index in [-0.39, 0.29) is 11.7 Å². The summed E-state index contributed by atoms with van der Waals surface area (Å²) in [7, 11) is 0. The van der Waals surface area contributed by atoms with Crippen molar-refractivity contribution in [2.45, 2.75) is 12.8 Å². The molecule has 1 fully saturated rings. The second kappa shape index (κ2) is 2.89. The number of thiazole rings is 1. The van der Waals surface area contributed by atoms with Gasteiger partial charge in [-0.3, -0.25) is 4.79 Å². The van der Waals surface area contributed by atoms with E-state index in [0.29, 0.717) is 5.01 Å². The van der Waals surface area contributed by atoms with Gasteiger partial charge in [-0.05, 0) is 25.0 Å². The smallest absolute Gasteiger partial charge is 0.194 e. The van der Waals surface area contributed by atoms with E-state index in [0.717, 1.165) is 23.1 Å². The fourth-order valence-electron chi connectivity index (χ4n) is 1.50. The molecule has 2 aromatic rings. The Bertz CT molecular complexity index is 466. The molecule has 2 nitrogen and oxygen atoms in total. The molecule has 0 atom stereocenters. The van der Waals surface area contributed by atoms with E-state index in [2.05, 4.69) is 4.98 Å². The van der Waals surface area contributed by atoms with Gasteiger partial charge < -0.3 is 0 Å². The van der Waals surface area contributed by atoms with Gasteiger partial charge in [-0.25, -0.2) is 4.98 Å². The van der Waals surface area contributed by atoms with Crippen LogP contribution in [0.4, 0.5) is 0 Å². The van der Waals surface area contributed by atoms with E-state index < -0.39 is 0 Å². The summed E-state index contributed by atoms with van der Waals surface area (Å²) in [6, 6.07) is 7.89. The summed E-state index contributed by atoms with van der Waals surface area (Å²) in [6.07, 6.45) is 2.10. The van der Waals surface area contributed by atoms with Gasteiger partial charge in [0.25, 0.3) is 0 Å². The second-order valence-corrected chi connectivity index (χ2v) is 4.66. The van der Waals surface area contributed by atoms with Gasteiger partial charge in [0.2, 0.25) is 0 Å². The van der Waals surface area contributed by atoms with Gasteiger partial charge in [0.05, 0.1) is 10.2 Å². The Morgan fingerprint density at radius 2 is 2.14 bits per heavy atom. The van der Waals surface area contributed by atoms with Crippen LogP contribution < -0.4 is 0 Å². The molecular weight excluding hydrogens is 194 g/mol. The molecule has 0 bridgehead atoms. The molecule has 0 unspecified atom stereocenters. The van der Waals surface area contributed by atoms with Gasteiger partial charge in [0.15, 0.2) is 10.8 Å². The lowest BCUT2D eigenvalue weighted by Gasteiger charge is -1.87. The van der Waals surface area contributed by atoms with Crippen LogP contribution in [-0.4, -0.2) is 10.8 Å². The molecule has 70 valence electrons. The maximum atomic E-state index is 11.7. The molecule has 1 saturated carbocycles. The average Bonchev–Trinajstić information content (AvgIpc) is 2.95. The lowest BCUT2D eigenvalue weighted by atomic mass is 10.3. The molecular formula is C11H9NOS. The van der Waals surface area contributed by atoms with E-state index in [1.165, 1.54) is 11.3 Å². The van der Waals surface area contributed by atoms with E-state index in [1.54, 1.807) is 0 Å². The highest BCUT2D eigenvalue weighted by atomic mass is 32.1. The Hall–Kier alpha value is -1.22. The van der Waals surface area contributed by atoms with Crippen molar-refractivity contribution in [3.63, 3.8) is 0 Å². The number of nitrogens with zero attached hydrogens (tertiary/aromatic N) is 1. The third-order valence-corrected chi connectivity index (χ3v) is 3.50. The van der Waals surface area contributed by atoms with E-state index >= 15 is 0 Å². The van der Waals surface area contributed by atoms with Crippen LogP contribution in [0.2, 0.25) is 0 Å². The molecule has 3 rings (SSSR count). The molecule has 1 heterocycles. The molecule has 1 aliphatic rings. The Labute approximate surface area is 85.6 Å². The maximum absolute atomic E-state index is 11.7. The summed E-state index contributed by atoms with van der Waals surface area (Å²) in [6.45, 7) is 0. The number of carbonyl (C=O) groups is 1. The first-order chi connectivity index (χ1) is 6.84. The van der Waals surface area contributed by atoms with Crippen molar-refractivity contribution in [1.82, 2.24) is 4.98 Å². The minimum absolute atomic E-state index is 0.242. The molecule has 0 spiro atoms. The van der Waals surface area contributed by atoms with Gasteiger partial charge in [-0.15, -0.1) is 11.3 Å². The summed E-state index contributed by atoms with van der Waals surface area (Å²) in [5.41, 5.74) is 0.946. The van der Waals surface area contributed by atoms with Gasteiger partial charge in [-0.1, -0.05) is 12.1 Å². The SMILES string of the molecule is O=C(c1nc2ccccc2s1)C1CC1. The van der Waals surface area contributed by atoms with E-state index in [9.17, 15) is 4.79 Å². The molecule has 0 N–H and O–H groups in total. The van der Waals surface area contributed by atoms with Crippen molar-refractivity contribution in [3.8, 4) is 0 Å². The van der Waals surface area contributed by atoms with Crippen LogP contribution in [0.3, 0.4) is 0 Å². The van der Waals surface area contributed by atoms with Gasteiger partial charge >= 0.3 is 0 Å². The zero-order valence-corrected chi connectivity index (χ0v) is 8.38. The van der Waals surface area contributed by atoms with Crippen LogP contribution in [0.25, 0.3) is 10.2 Å². The molecule has 14 heavy (non-hydrogen) atoms. The molecule has 0 saturated heterocycles. The third kappa shape index (κ3) is 1.24. The number of Topliss-reactive ketones (excluding diaryl/α,β-unsaturated/α-hetero) is 1. The highest BCUT2D eigenvalue weighted by Gasteiger charge is 2.32. The Balaban J connectivity index is 2.09. The highest BCUT2D eigenvalue weighted by Crippen LogP contribution is 2.34. The average molecular weight is 203 g/mol. The van der Waals surface area contributed by atoms with Crippen molar-refractivity contribution in [1.29, 1.82) is 0 Å². The monoisotopic (exact) mass is 203 g/mol. The standard InChI is InChI=1S/C11H9NOS/c13-10(7-5-6-7)11-12-8-3-1-2-4-9(8)14-11/h1-4,7H,5-6H2. The molecule has 0 aliphatic heterocycles. The zero-order valence-electron chi connectivity index (χ0n) is 7.56. The summed E-state index contributed by atoms with van der Waals surface area (Å²) in [5.74, 6) is 0.516. The van der Waals surface area contributed by atoms with Gasteiger partial charge in [0.1, 0.15) is 0 Å². The van der Waals surface area contributed by atoms with Crippen molar-refractivity contribution in [2.75, 3.05) is 0 Å². The van der Waals surface area contributed by atoms with Crippen molar-refractivity contribution in [2.24, 2.45) is 5.92 Å². The van der Waals surface area contributed by atoms with E-state index in [4.69, 9.17) is 0 Å². The first-order valence-corrected chi connectivity index (χ1v) is 5.56. The number of fused-ring (bicyclic) bond motifs is 1. The lowest BCUT2D eigenvalue weighted by Crippen LogP contribution is -1.99. The number of aromatic nitrogens is 1. The summed E-state index contributed by atoms with van der Waals surface area (Å²) < 4.78 is 1.11. The normalized spacial score (nSPS) is 16.0. The topological polar surface area (TPSA) is 30.0 Å². The van der Waals surface area contributed by atoms with Crippen molar-refractivity contribution < 1.29 is 4.79 Å². The minimum Gasteiger partial charge on any atom is -0.291 e. The van der Waals surface area contributed by atoms with Crippen LogP contribution in [0.1, 0.15) is 22.6 Å². The number of ketones is 1. The van der Waals surface area contributed by atoms with Crippen LogP contribution >= 0.6 is 11.3 Å². The maximum Gasteiger partial charge on any atom is 0.194 e. The van der Waals surface area contributed by atoms with E-state index in [1.807, 2.05) is 24.3 Å². The number of para-hydroxylation sites is 1. The molecule has 1 aliphatic carbocycles.